The molecule has 0 fully saturated rings. The molecule has 0 radical (unpaired) electrons. The molecule has 0 heterocycles. The van der Waals surface area contributed by atoms with Crippen molar-refractivity contribution >= 4 is 22.9 Å². The molecule has 0 aliphatic heterocycles. The molecule has 0 spiro atoms. The molecule has 0 amide bonds. The molecule has 2 atom stereocenters. The zero-order valence-electron chi connectivity index (χ0n) is 26.0. The third-order valence-electron chi connectivity index (χ3n) is 9.07. The molecule has 218 valence electrons. The van der Waals surface area contributed by atoms with Crippen molar-refractivity contribution < 1.29 is 9.59 Å². The van der Waals surface area contributed by atoms with E-state index in [0.29, 0.717) is 11.1 Å². The quantitative estimate of drug-likeness (QED) is 0.260. The zero-order valence-corrected chi connectivity index (χ0v) is 26.0. The second kappa shape index (κ2) is 12.5. The Morgan fingerprint density at radius 3 is 1.14 bits per heavy atom. The number of carbonyl (C=O) groups excluding carboxylic acids is 2. The summed E-state index contributed by atoms with van der Waals surface area (Å²) in [6.45, 7) is 13.1. The van der Waals surface area contributed by atoms with Crippen LogP contribution in [0.5, 0.6) is 0 Å². The number of carbonyl (C=O) groups is 2. The molecule has 4 nitrogen and oxygen atoms in total. The number of rotatable bonds is 10. The SMILES string of the molecule is CCc1cc(CC)c(NC2=CC=C(Nc3c(CC)cc(CC)cc3CC)C3C(=O)c4ccccc4C(=O)C23)c(CC)c1. The van der Waals surface area contributed by atoms with Gasteiger partial charge in [-0.25, -0.2) is 0 Å². The summed E-state index contributed by atoms with van der Waals surface area (Å²) in [4.78, 5) is 28.5. The van der Waals surface area contributed by atoms with Crippen LogP contribution in [0, 0.1) is 11.8 Å². The van der Waals surface area contributed by atoms with Crippen LogP contribution in [0.25, 0.3) is 0 Å². The Morgan fingerprint density at radius 1 is 0.524 bits per heavy atom. The second-order valence-electron chi connectivity index (χ2n) is 11.4. The first-order valence-electron chi connectivity index (χ1n) is 15.8. The molecule has 4 heteroatoms. The molecule has 0 aromatic heterocycles. The lowest BCUT2D eigenvalue weighted by molar-refractivity contribution is 0.0787. The van der Waals surface area contributed by atoms with Gasteiger partial charge in [-0.2, -0.15) is 0 Å². The highest BCUT2D eigenvalue weighted by Gasteiger charge is 2.46. The molecule has 2 N–H and O–H groups in total. The Labute approximate surface area is 251 Å². The van der Waals surface area contributed by atoms with E-state index in [1.807, 2.05) is 24.3 Å². The maximum absolute atomic E-state index is 14.2. The maximum atomic E-state index is 14.2. The Bertz CT molecular complexity index is 1420. The molecule has 5 rings (SSSR count). The fraction of sp³-hybridized carbons (Fsp3) is 0.368. The summed E-state index contributed by atoms with van der Waals surface area (Å²) in [6.07, 6.45) is 9.54. The first-order chi connectivity index (χ1) is 20.4. The lowest BCUT2D eigenvalue weighted by Gasteiger charge is -2.37. The third kappa shape index (κ3) is 5.24. The van der Waals surface area contributed by atoms with E-state index in [-0.39, 0.29) is 11.6 Å². The van der Waals surface area contributed by atoms with E-state index in [9.17, 15) is 9.59 Å². The minimum atomic E-state index is -0.620. The van der Waals surface area contributed by atoms with Gasteiger partial charge in [0.05, 0.1) is 11.8 Å². The first kappa shape index (κ1) is 29.6. The summed E-state index contributed by atoms with van der Waals surface area (Å²) >= 11 is 0. The van der Waals surface area contributed by atoms with E-state index in [0.717, 1.165) is 61.3 Å². The fourth-order valence-electron chi connectivity index (χ4n) is 6.63. The third-order valence-corrected chi connectivity index (χ3v) is 9.07. The predicted molar refractivity (Wildman–Crippen MR) is 175 cm³/mol. The molecule has 0 saturated heterocycles. The summed E-state index contributed by atoms with van der Waals surface area (Å²) in [5.41, 5.74) is 12.4. The summed E-state index contributed by atoms with van der Waals surface area (Å²) in [7, 11) is 0. The Hall–Kier alpha value is -3.92. The van der Waals surface area contributed by atoms with Gasteiger partial charge >= 0.3 is 0 Å². The Kier molecular flexibility index (Phi) is 8.82. The van der Waals surface area contributed by atoms with Gasteiger partial charge in [-0.05, 0) is 84.1 Å². The van der Waals surface area contributed by atoms with Gasteiger partial charge in [0.25, 0.3) is 0 Å². The number of allylic oxidation sites excluding steroid dienone is 4. The number of ketones is 2. The first-order valence-corrected chi connectivity index (χ1v) is 15.8. The van der Waals surface area contributed by atoms with Gasteiger partial charge in [0.1, 0.15) is 0 Å². The maximum Gasteiger partial charge on any atom is 0.173 e. The summed E-state index contributed by atoms with van der Waals surface area (Å²) in [5, 5.41) is 7.43. The molecular weight excluding hydrogens is 516 g/mol. The molecule has 42 heavy (non-hydrogen) atoms. The minimum absolute atomic E-state index is 0.00427. The summed E-state index contributed by atoms with van der Waals surface area (Å²) < 4.78 is 0. The van der Waals surface area contributed by atoms with Crippen molar-refractivity contribution in [1.29, 1.82) is 0 Å². The van der Waals surface area contributed by atoms with Crippen molar-refractivity contribution in [2.45, 2.75) is 80.1 Å². The second-order valence-corrected chi connectivity index (χ2v) is 11.4. The van der Waals surface area contributed by atoms with Crippen LogP contribution in [0.3, 0.4) is 0 Å². The predicted octanol–water partition coefficient (Wildman–Crippen LogP) is 8.68. The molecular formula is C38H44N2O2. The van der Waals surface area contributed by atoms with E-state index in [1.54, 1.807) is 12.1 Å². The Morgan fingerprint density at radius 2 is 0.857 bits per heavy atom. The van der Waals surface area contributed by atoms with Crippen LogP contribution < -0.4 is 10.6 Å². The number of Topliss-reactive ketones (excluding diaryl/α,β-unsaturated/α-hetero) is 2. The number of nitrogens with one attached hydrogen (secondary N) is 2. The van der Waals surface area contributed by atoms with Crippen LogP contribution in [0.2, 0.25) is 0 Å². The van der Waals surface area contributed by atoms with Crippen LogP contribution in [0.1, 0.15) is 95.6 Å². The number of hydrogen-bond donors (Lipinski definition) is 2. The van der Waals surface area contributed by atoms with Crippen molar-refractivity contribution in [3.8, 4) is 0 Å². The number of fused-ring (bicyclic) bond motifs is 2. The van der Waals surface area contributed by atoms with Crippen molar-refractivity contribution in [3.63, 3.8) is 0 Å². The molecule has 2 aliphatic rings. The monoisotopic (exact) mass is 560 g/mol. The smallest absolute Gasteiger partial charge is 0.173 e. The van der Waals surface area contributed by atoms with Crippen molar-refractivity contribution in [3.05, 3.63) is 117 Å². The summed E-state index contributed by atoms with van der Waals surface area (Å²) in [6, 6.07) is 16.4. The molecule has 3 aromatic carbocycles. The lowest BCUT2D eigenvalue weighted by atomic mass is 9.69. The van der Waals surface area contributed by atoms with E-state index < -0.39 is 11.8 Å². The van der Waals surface area contributed by atoms with Crippen LogP contribution in [-0.4, -0.2) is 11.6 Å². The van der Waals surface area contributed by atoms with E-state index in [4.69, 9.17) is 0 Å². The van der Waals surface area contributed by atoms with Gasteiger partial charge in [-0.15, -0.1) is 0 Å². The highest BCUT2D eigenvalue weighted by molar-refractivity contribution is 6.18. The average molecular weight is 561 g/mol. The van der Waals surface area contributed by atoms with Crippen molar-refractivity contribution in [1.82, 2.24) is 0 Å². The highest BCUT2D eigenvalue weighted by atomic mass is 16.1. The normalized spacial score (nSPS) is 17.8. The van der Waals surface area contributed by atoms with Crippen LogP contribution in [0.15, 0.2) is 72.1 Å². The van der Waals surface area contributed by atoms with Gasteiger partial charge in [0, 0.05) is 33.9 Å². The average Bonchev–Trinajstić information content (AvgIpc) is 3.03. The molecule has 0 saturated carbocycles. The lowest BCUT2D eigenvalue weighted by Crippen LogP contribution is -2.43. The molecule has 0 bridgehead atoms. The van der Waals surface area contributed by atoms with E-state index >= 15 is 0 Å². The zero-order chi connectivity index (χ0) is 30.0. The fourth-order valence-corrected chi connectivity index (χ4v) is 6.63. The number of hydrogen-bond acceptors (Lipinski definition) is 4. The van der Waals surface area contributed by atoms with Crippen molar-refractivity contribution in [2.75, 3.05) is 10.6 Å². The topological polar surface area (TPSA) is 58.2 Å². The van der Waals surface area contributed by atoms with Gasteiger partial charge in [-0.3, -0.25) is 9.59 Å². The van der Waals surface area contributed by atoms with Crippen LogP contribution in [-0.2, 0) is 38.5 Å². The number of aryl methyl sites for hydroxylation is 6. The minimum Gasteiger partial charge on any atom is -0.358 e. The largest absolute Gasteiger partial charge is 0.358 e. The number of anilines is 2. The van der Waals surface area contributed by atoms with Gasteiger partial charge < -0.3 is 10.6 Å². The molecule has 3 aromatic rings. The van der Waals surface area contributed by atoms with Crippen LogP contribution >= 0.6 is 0 Å². The number of benzene rings is 3. The molecule has 2 unspecified atom stereocenters. The van der Waals surface area contributed by atoms with Gasteiger partial charge in [0.2, 0.25) is 0 Å². The van der Waals surface area contributed by atoms with Gasteiger partial charge in [-0.1, -0.05) is 90.1 Å². The Balaban J connectivity index is 1.65. The molecule has 2 aliphatic carbocycles. The summed E-state index contributed by atoms with van der Waals surface area (Å²) in [5.74, 6) is -1.25. The van der Waals surface area contributed by atoms with E-state index in [1.165, 1.54) is 33.4 Å². The standard InChI is InChI=1S/C38H44N2O2/c1-7-23-19-25(9-3)35(26(10-4)20-23)39-31-17-18-32(40-36-27(11-5)21-24(8-2)22-28(36)12-6)34-33(31)37(41)29-15-13-14-16-30(29)38(34)42/h13-22,33-34,39-40H,7-12H2,1-6H3. The van der Waals surface area contributed by atoms with Crippen LogP contribution in [0.4, 0.5) is 11.4 Å². The highest BCUT2D eigenvalue weighted by Crippen LogP contribution is 2.43. The van der Waals surface area contributed by atoms with Crippen molar-refractivity contribution in [2.24, 2.45) is 11.8 Å². The van der Waals surface area contributed by atoms with Gasteiger partial charge in [0.15, 0.2) is 11.6 Å². The van der Waals surface area contributed by atoms with E-state index in [2.05, 4.69) is 76.4 Å².